The highest BCUT2D eigenvalue weighted by atomic mass is 31.2. The smallest absolute Gasteiger partial charge is 0.306 e. The molecule has 0 aliphatic rings. The van der Waals surface area contributed by atoms with Gasteiger partial charge < -0.3 is 28.5 Å². The summed E-state index contributed by atoms with van der Waals surface area (Å²) in [7, 11) is 1.17. The number of hydrogen-bond donors (Lipinski definition) is 1. The van der Waals surface area contributed by atoms with Crippen molar-refractivity contribution in [2.45, 2.75) is 328 Å². The van der Waals surface area contributed by atoms with E-state index in [1.165, 1.54) is 173 Å². The fourth-order valence-electron chi connectivity index (χ4n) is 10.1. The van der Waals surface area contributed by atoms with Crippen LogP contribution in [0.5, 0.6) is 0 Å². The van der Waals surface area contributed by atoms with Crippen LogP contribution in [0.2, 0.25) is 0 Å². The first-order chi connectivity index (χ1) is 41.4. The van der Waals surface area contributed by atoms with Gasteiger partial charge in [-0.1, -0.05) is 292 Å². The summed E-state index contributed by atoms with van der Waals surface area (Å²) in [5, 5.41) is 3.03. The number of allylic oxidation sites excluding steroid dienone is 15. The molecule has 0 aromatic heterocycles. The molecule has 0 aliphatic carbocycles. The second-order valence-corrected chi connectivity index (χ2v) is 26.4. The second-order valence-electron chi connectivity index (χ2n) is 25.0. The average Bonchev–Trinajstić information content (AvgIpc) is 3.62. The maximum atomic E-state index is 13.6. The summed E-state index contributed by atoms with van der Waals surface area (Å²) in [6, 6.07) is -0.900. The number of quaternary nitrogens is 1. The molecular formula is C75H135N2O7P. The van der Waals surface area contributed by atoms with E-state index in [9.17, 15) is 19.0 Å². The van der Waals surface area contributed by atoms with Crippen LogP contribution < -0.4 is 10.2 Å². The fourth-order valence-corrected chi connectivity index (χ4v) is 10.8. The maximum Gasteiger partial charge on any atom is 0.306 e. The number of nitrogens with one attached hydrogen (secondary N) is 1. The van der Waals surface area contributed by atoms with Crippen LogP contribution in [0.4, 0.5) is 0 Å². The molecule has 0 saturated heterocycles. The number of hydrogen-bond acceptors (Lipinski definition) is 7. The monoisotopic (exact) mass is 1210 g/mol. The van der Waals surface area contributed by atoms with Crippen molar-refractivity contribution < 1.29 is 37.3 Å². The SMILES string of the molecule is CC/C=C\C/C=C\C/C=C\C/C=C\C/C=C\CCCCCCCCCC(=O)NC(COP(=O)([O-])OCC[N+](C)(C)C)C(/C=C/CCCCCCCCCCC)OC(=O)CCCCCCCCCCCCCCCCC/C=C\C/C=C\CCCCC. The number of unbranched alkanes of at least 4 members (excludes halogenated alkanes) is 34. The van der Waals surface area contributed by atoms with Gasteiger partial charge in [-0.3, -0.25) is 14.2 Å². The molecule has 3 atom stereocenters. The molecule has 1 amide bonds. The van der Waals surface area contributed by atoms with E-state index in [1.54, 1.807) is 0 Å². The number of carbonyl (C=O) groups is 2. The Hall–Kier alpha value is -3.07. The highest BCUT2D eigenvalue weighted by Gasteiger charge is 2.27. The van der Waals surface area contributed by atoms with E-state index in [0.29, 0.717) is 17.4 Å². The first-order valence-corrected chi connectivity index (χ1v) is 37.0. The average molecular weight is 1210 g/mol. The van der Waals surface area contributed by atoms with E-state index in [1.807, 2.05) is 33.3 Å². The van der Waals surface area contributed by atoms with Gasteiger partial charge in [0.2, 0.25) is 5.91 Å². The number of nitrogens with zero attached hydrogens (tertiary/aromatic N) is 1. The normalized spacial score (nSPS) is 14.1. The van der Waals surface area contributed by atoms with Crippen LogP contribution in [0.1, 0.15) is 316 Å². The van der Waals surface area contributed by atoms with Gasteiger partial charge in [-0.05, 0) is 109 Å². The Balaban J connectivity index is 5.04. The van der Waals surface area contributed by atoms with E-state index in [-0.39, 0.29) is 24.9 Å². The van der Waals surface area contributed by atoms with Crippen molar-refractivity contribution in [1.82, 2.24) is 5.32 Å². The number of ether oxygens (including phenoxy) is 1. The quantitative estimate of drug-likeness (QED) is 0.0212. The molecule has 1 N–H and O–H groups in total. The molecule has 0 aliphatic heterocycles. The van der Waals surface area contributed by atoms with Crippen LogP contribution in [-0.4, -0.2) is 69.4 Å². The molecule has 0 heterocycles. The Morgan fingerprint density at radius 1 is 0.424 bits per heavy atom. The van der Waals surface area contributed by atoms with Crippen molar-refractivity contribution in [3.8, 4) is 0 Å². The number of rotatable bonds is 64. The third kappa shape index (κ3) is 65.2. The minimum Gasteiger partial charge on any atom is -0.756 e. The fraction of sp³-hybridized carbons (Fsp3) is 0.760. The molecule has 3 unspecified atom stereocenters. The van der Waals surface area contributed by atoms with Gasteiger partial charge in [-0.15, -0.1) is 0 Å². The summed E-state index contributed by atoms with van der Waals surface area (Å²) in [6.45, 7) is 6.71. The molecule has 85 heavy (non-hydrogen) atoms. The van der Waals surface area contributed by atoms with E-state index in [2.05, 4.69) is 111 Å². The number of carbonyl (C=O) groups excluding carboxylic acids is 2. The number of phosphoric ester groups is 1. The van der Waals surface area contributed by atoms with E-state index in [0.717, 1.165) is 109 Å². The summed E-state index contributed by atoms with van der Waals surface area (Å²) < 4.78 is 30.4. The second kappa shape index (κ2) is 63.9. The molecule has 0 aromatic carbocycles. The largest absolute Gasteiger partial charge is 0.756 e. The summed E-state index contributed by atoms with van der Waals surface area (Å²) in [5.74, 6) is -0.550. The van der Waals surface area contributed by atoms with Crippen molar-refractivity contribution in [2.75, 3.05) is 40.9 Å². The van der Waals surface area contributed by atoms with Crippen LogP contribution in [0.3, 0.4) is 0 Å². The Labute approximate surface area is 526 Å². The zero-order valence-corrected chi connectivity index (χ0v) is 57.2. The standard InChI is InChI=1S/C75H135N2O7P/c1-7-10-13-16-19-22-25-27-29-31-33-35-37-38-40-42-44-46-48-50-53-56-59-62-65-68-75(79)84-73(66-63-60-57-54-51-24-21-18-15-12-9-3)72(71-83-85(80,81)82-70-69-77(4,5)6)76-74(78)67-64-61-58-55-52-49-47-45-43-41-39-36-34-32-30-28-26-23-20-17-14-11-8-2/h11,14,19-20,22-23,27-30,34,36,41,43,63,66,72-73H,7-10,12-13,15-18,21,24-26,31-33,35,37-40,42,44-62,64-65,67-71H2,1-6H3,(H-,76,78,80,81)/b14-11-,22-19-,23-20-,29-27-,30-28-,36-34-,43-41-,66-63+. The molecule has 0 fully saturated rings. The van der Waals surface area contributed by atoms with Crippen molar-refractivity contribution in [3.63, 3.8) is 0 Å². The van der Waals surface area contributed by atoms with Crippen molar-refractivity contribution in [1.29, 1.82) is 0 Å². The Bertz CT molecular complexity index is 1780. The van der Waals surface area contributed by atoms with E-state index in [4.69, 9.17) is 13.8 Å². The van der Waals surface area contributed by atoms with E-state index >= 15 is 0 Å². The number of phosphoric acid groups is 1. The first-order valence-electron chi connectivity index (χ1n) is 35.5. The molecule has 0 radical (unpaired) electrons. The molecule has 10 heteroatoms. The van der Waals surface area contributed by atoms with Gasteiger partial charge in [-0.25, -0.2) is 0 Å². The highest BCUT2D eigenvalue weighted by Crippen LogP contribution is 2.38. The van der Waals surface area contributed by atoms with Gasteiger partial charge >= 0.3 is 5.97 Å². The molecule has 0 spiro atoms. The maximum absolute atomic E-state index is 13.6. The van der Waals surface area contributed by atoms with Gasteiger partial charge in [0.15, 0.2) is 0 Å². The molecule has 9 nitrogen and oxygen atoms in total. The molecule has 0 saturated carbocycles. The number of esters is 1. The van der Waals surface area contributed by atoms with Crippen LogP contribution in [0, 0.1) is 0 Å². The molecule has 492 valence electrons. The Morgan fingerprint density at radius 2 is 0.753 bits per heavy atom. The predicted octanol–water partition coefficient (Wildman–Crippen LogP) is 22.0. The van der Waals surface area contributed by atoms with Gasteiger partial charge in [0, 0.05) is 12.8 Å². The van der Waals surface area contributed by atoms with Crippen molar-refractivity contribution in [2.24, 2.45) is 0 Å². The third-order valence-electron chi connectivity index (χ3n) is 15.5. The number of amides is 1. The summed E-state index contributed by atoms with van der Waals surface area (Å²) >= 11 is 0. The van der Waals surface area contributed by atoms with Crippen molar-refractivity contribution >= 4 is 19.7 Å². The van der Waals surface area contributed by atoms with Crippen molar-refractivity contribution in [3.05, 3.63) is 97.2 Å². The molecule has 0 rings (SSSR count). The minimum absolute atomic E-state index is 0.0279. The van der Waals surface area contributed by atoms with Gasteiger partial charge in [0.25, 0.3) is 7.82 Å². The lowest BCUT2D eigenvalue weighted by Crippen LogP contribution is -2.47. The Kier molecular flexibility index (Phi) is 61.6. The molecule has 0 bridgehead atoms. The number of likely N-dealkylation sites (N-methyl/N-ethyl adjacent to an activating group) is 1. The van der Waals surface area contributed by atoms with Crippen LogP contribution in [-0.2, 0) is 27.9 Å². The lowest BCUT2D eigenvalue weighted by molar-refractivity contribution is -0.870. The van der Waals surface area contributed by atoms with Gasteiger partial charge in [0.1, 0.15) is 19.3 Å². The van der Waals surface area contributed by atoms with Crippen LogP contribution >= 0.6 is 7.82 Å². The summed E-state index contributed by atoms with van der Waals surface area (Å²) in [5.41, 5.74) is 0. The molecular weight excluding hydrogens is 1070 g/mol. The molecule has 0 aromatic rings. The lowest BCUT2D eigenvalue weighted by Gasteiger charge is -2.30. The lowest BCUT2D eigenvalue weighted by atomic mass is 10.0. The third-order valence-corrected chi connectivity index (χ3v) is 16.5. The van der Waals surface area contributed by atoms with Crippen LogP contribution in [0.15, 0.2) is 97.2 Å². The van der Waals surface area contributed by atoms with Gasteiger partial charge in [-0.2, -0.15) is 0 Å². The highest BCUT2D eigenvalue weighted by molar-refractivity contribution is 7.45. The Morgan fingerprint density at radius 3 is 1.15 bits per heavy atom. The first kappa shape index (κ1) is 81.9. The van der Waals surface area contributed by atoms with E-state index < -0.39 is 26.6 Å². The van der Waals surface area contributed by atoms with Gasteiger partial charge in [0.05, 0.1) is 33.8 Å². The van der Waals surface area contributed by atoms with Crippen LogP contribution in [0.25, 0.3) is 0 Å². The zero-order chi connectivity index (χ0) is 62.1. The zero-order valence-electron chi connectivity index (χ0n) is 56.3. The summed E-state index contributed by atoms with van der Waals surface area (Å²) in [4.78, 5) is 40.2. The minimum atomic E-state index is -4.71. The topological polar surface area (TPSA) is 114 Å². The summed E-state index contributed by atoms with van der Waals surface area (Å²) in [6.07, 6.45) is 86.7. The predicted molar refractivity (Wildman–Crippen MR) is 367 cm³/mol.